The molecule has 5 nitrogen and oxygen atoms in total. The van der Waals surface area contributed by atoms with Crippen LogP contribution in [0.15, 0.2) is 72.8 Å². The van der Waals surface area contributed by atoms with E-state index in [1.54, 1.807) is 40.1 Å². The van der Waals surface area contributed by atoms with Crippen molar-refractivity contribution < 1.29 is 18.7 Å². The molecule has 32 heavy (non-hydrogen) atoms. The summed E-state index contributed by atoms with van der Waals surface area (Å²) < 4.78 is 25.5. The van der Waals surface area contributed by atoms with Crippen molar-refractivity contribution in [2.75, 3.05) is 12.0 Å². The molecule has 5 rings (SSSR count). The van der Waals surface area contributed by atoms with Crippen LogP contribution in [0.4, 0.5) is 10.1 Å². The molecule has 3 aromatic carbocycles. The van der Waals surface area contributed by atoms with E-state index < -0.39 is 5.72 Å². The van der Waals surface area contributed by atoms with Gasteiger partial charge in [-0.05, 0) is 61.6 Å². The number of benzene rings is 3. The third-order valence-electron chi connectivity index (χ3n) is 6.00. The van der Waals surface area contributed by atoms with E-state index >= 15 is 0 Å². The number of hydrogen-bond acceptors (Lipinski definition) is 4. The zero-order valence-electron chi connectivity index (χ0n) is 17.6. The fourth-order valence-electron chi connectivity index (χ4n) is 4.56. The fraction of sp³-hybridized carbons (Fsp3) is 0.200. The standard InChI is InChI=1S/C25H21FN2O3S/c1-25-15-20(18-7-3-6-10-22(18)31-25)27(23(29)19-8-4-5-9-21(19)30-2)24(32)28(25)17-13-11-16(26)12-14-17/h3-14,20H,15H2,1-2H3/t20-,25+/m1/s1. The molecule has 162 valence electrons. The average molecular weight is 449 g/mol. The van der Waals surface area contributed by atoms with Crippen LogP contribution in [0.1, 0.15) is 35.3 Å². The summed E-state index contributed by atoms with van der Waals surface area (Å²) in [6, 6.07) is 20.5. The number of rotatable bonds is 3. The predicted octanol–water partition coefficient (Wildman–Crippen LogP) is 5.32. The average Bonchev–Trinajstić information content (AvgIpc) is 2.79. The van der Waals surface area contributed by atoms with Crippen LogP contribution in [0.5, 0.6) is 11.5 Å². The van der Waals surface area contributed by atoms with Crippen LogP contribution in [-0.2, 0) is 0 Å². The zero-order valence-corrected chi connectivity index (χ0v) is 18.4. The molecule has 2 aliphatic rings. The maximum absolute atomic E-state index is 13.9. The molecule has 2 bridgehead atoms. The van der Waals surface area contributed by atoms with Gasteiger partial charge in [-0.3, -0.25) is 14.6 Å². The normalized spacial score (nSPS) is 21.6. The Labute approximate surface area is 191 Å². The van der Waals surface area contributed by atoms with Gasteiger partial charge >= 0.3 is 0 Å². The van der Waals surface area contributed by atoms with Gasteiger partial charge in [-0.15, -0.1) is 0 Å². The Kier molecular flexibility index (Phi) is 4.86. The summed E-state index contributed by atoms with van der Waals surface area (Å²) >= 11 is 5.89. The number of anilines is 1. The molecule has 7 heteroatoms. The van der Waals surface area contributed by atoms with Gasteiger partial charge in [0.1, 0.15) is 17.3 Å². The Balaban J connectivity index is 1.68. The second-order valence-electron chi connectivity index (χ2n) is 8.00. The molecule has 1 fully saturated rings. The highest BCUT2D eigenvalue weighted by Crippen LogP contribution is 2.50. The molecule has 0 aromatic heterocycles. The lowest BCUT2D eigenvalue weighted by Crippen LogP contribution is -2.67. The topological polar surface area (TPSA) is 42.0 Å². The number of halogens is 1. The second-order valence-corrected chi connectivity index (χ2v) is 8.37. The predicted molar refractivity (Wildman–Crippen MR) is 123 cm³/mol. The summed E-state index contributed by atoms with van der Waals surface area (Å²) in [7, 11) is 1.53. The van der Waals surface area contributed by atoms with E-state index in [4.69, 9.17) is 21.7 Å². The number of methoxy groups -OCH3 is 1. The summed E-state index contributed by atoms with van der Waals surface area (Å²) in [6.45, 7) is 1.94. The minimum Gasteiger partial charge on any atom is -0.496 e. The third-order valence-corrected chi connectivity index (χ3v) is 6.38. The molecular formula is C25H21FN2O3S. The Bertz CT molecular complexity index is 1220. The van der Waals surface area contributed by atoms with Crippen LogP contribution in [0.2, 0.25) is 0 Å². The van der Waals surface area contributed by atoms with Crippen molar-refractivity contribution >= 4 is 28.9 Å². The number of ether oxygens (including phenoxy) is 2. The number of amides is 1. The first-order chi connectivity index (χ1) is 15.4. The highest BCUT2D eigenvalue weighted by Gasteiger charge is 2.53. The SMILES string of the molecule is COc1ccccc1C(=O)N1C(=S)N(c2ccc(F)cc2)[C@]2(C)C[C@@H]1c1ccccc1O2. The number of hydrogen-bond donors (Lipinski definition) is 0. The summed E-state index contributed by atoms with van der Waals surface area (Å²) in [5.74, 6) is 0.556. The smallest absolute Gasteiger partial charge is 0.264 e. The van der Waals surface area contributed by atoms with Crippen molar-refractivity contribution in [3.05, 3.63) is 89.7 Å². The number of para-hydroxylation sites is 2. The van der Waals surface area contributed by atoms with E-state index in [9.17, 15) is 9.18 Å². The van der Waals surface area contributed by atoms with Crippen LogP contribution in [0.25, 0.3) is 0 Å². The fourth-order valence-corrected chi connectivity index (χ4v) is 5.07. The van der Waals surface area contributed by atoms with Gasteiger partial charge in [0.15, 0.2) is 10.8 Å². The lowest BCUT2D eigenvalue weighted by atomic mass is 9.88. The Hall–Kier alpha value is -3.45. The minimum atomic E-state index is -0.842. The van der Waals surface area contributed by atoms with Gasteiger partial charge in [-0.2, -0.15) is 0 Å². The maximum atomic E-state index is 13.9. The first-order valence-electron chi connectivity index (χ1n) is 10.3. The Morgan fingerprint density at radius 1 is 1.09 bits per heavy atom. The lowest BCUT2D eigenvalue weighted by Gasteiger charge is -2.55. The number of fused-ring (bicyclic) bond motifs is 4. The zero-order chi connectivity index (χ0) is 22.5. The molecule has 2 heterocycles. The van der Waals surface area contributed by atoms with Crippen molar-refractivity contribution in [1.29, 1.82) is 0 Å². The molecule has 3 aromatic rings. The van der Waals surface area contributed by atoms with E-state index in [-0.39, 0.29) is 17.8 Å². The summed E-state index contributed by atoms with van der Waals surface area (Å²) in [4.78, 5) is 17.3. The third kappa shape index (κ3) is 3.12. The van der Waals surface area contributed by atoms with Crippen LogP contribution in [-0.4, -0.2) is 28.8 Å². The quantitative estimate of drug-likeness (QED) is 0.507. The van der Waals surface area contributed by atoms with Gasteiger partial charge < -0.3 is 9.47 Å². The molecular weight excluding hydrogens is 427 g/mol. The van der Waals surface area contributed by atoms with E-state index in [0.29, 0.717) is 34.3 Å². The first-order valence-corrected chi connectivity index (χ1v) is 10.7. The van der Waals surface area contributed by atoms with Crippen molar-refractivity contribution in [3.63, 3.8) is 0 Å². The number of carbonyl (C=O) groups excluding carboxylic acids is 1. The van der Waals surface area contributed by atoms with E-state index in [1.807, 2.05) is 37.3 Å². The van der Waals surface area contributed by atoms with Gasteiger partial charge in [-0.25, -0.2) is 4.39 Å². The van der Waals surface area contributed by atoms with Gasteiger partial charge in [0.05, 0.1) is 18.7 Å². The van der Waals surface area contributed by atoms with Crippen LogP contribution in [0, 0.1) is 5.82 Å². The number of nitrogens with zero attached hydrogens (tertiary/aromatic N) is 2. The van der Waals surface area contributed by atoms with E-state index in [0.717, 1.165) is 5.56 Å². The molecule has 0 unspecified atom stereocenters. The Morgan fingerprint density at radius 2 is 1.78 bits per heavy atom. The minimum absolute atomic E-state index is 0.261. The van der Waals surface area contributed by atoms with E-state index in [2.05, 4.69) is 0 Å². The molecule has 0 N–H and O–H groups in total. The van der Waals surface area contributed by atoms with E-state index in [1.165, 1.54) is 19.2 Å². The highest BCUT2D eigenvalue weighted by molar-refractivity contribution is 7.80. The van der Waals surface area contributed by atoms with Crippen LogP contribution in [0.3, 0.4) is 0 Å². The summed E-state index contributed by atoms with van der Waals surface area (Å²) in [6.07, 6.45) is 0.489. The molecule has 2 atom stereocenters. The molecule has 0 saturated carbocycles. The van der Waals surface area contributed by atoms with Crippen molar-refractivity contribution in [2.45, 2.75) is 25.1 Å². The molecule has 0 spiro atoms. The monoisotopic (exact) mass is 448 g/mol. The van der Waals surface area contributed by atoms with Gasteiger partial charge in [0.25, 0.3) is 5.91 Å². The first kappa shape index (κ1) is 20.5. The molecule has 1 amide bonds. The largest absolute Gasteiger partial charge is 0.496 e. The number of carbonyl (C=O) groups is 1. The van der Waals surface area contributed by atoms with Crippen molar-refractivity contribution in [2.24, 2.45) is 0 Å². The number of thiocarbonyl (C=S) groups is 1. The maximum Gasteiger partial charge on any atom is 0.264 e. The van der Waals surface area contributed by atoms with Gasteiger partial charge in [0.2, 0.25) is 0 Å². The molecule has 0 aliphatic carbocycles. The lowest BCUT2D eigenvalue weighted by molar-refractivity contribution is 0.0183. The van der Waals surface area contributed by atoms with Crippen molar-refractivity contribution in [1.82, 2.24) is 4.90 Å². The molecule has 1 saturated heterocycles. The van der Waals surface area contributed by atoms with Crippen molar-refractivity contribution in [3.8, 4) is 11.5 Å². The van der Waals surface area contributed by atoms with Gasteiger partial charge in [0, 0.05) is 17.7 Å². The second kappa shape index (κ2) is 7.60. The molecule has 2 aliphatic heterocycles. The van der Waals surface area contributed by atoms with Crippen LogP contribution >= 0.6 is 12.2 Å². The van der Waals surface area contributed by atoms with Gasteiger partial charge in [-0.1, -0.05) is 30.3 Å². The summed E-state index contributed by atoms with van der Waals surface area (Å²) in [5, 5.41) is 0.292. The Morgan fingerprint density at radius 3 is 2.53 bits per heavy atom. The molecule has 0 radical (unpaired) electrons. The van der Waals surface area contributed by atoms with Crippen LogP contribution < -0.4 is 14.4 Å². The summed E-state index contributed by atoms with van der Waals surface area (Å²) in [5.41, 5.74) is 1.12. The highest BCUT2D eigenvalue weighted by atomic mass is 32.1.